The summed E-state index contributed by atoms with van der Waals surface area (Å²) in [6.45, 7) is 0. The predicted molar refractivity (Wildman–Crippen MR) is 57.1 cm³/mol. The quantitative estimate of drug-likeness (QED) is 0.593. The first kappa shape index (κ1) is 8.30. The van der Waals surface area contributed by atoms with Crippen LogP contribution in [0.25, 0.3) is 0 Å². The normalized spacial score (nSPS) is 27.3. The van der Waals surface area contributed by atoms with Gasteiger partial charge in [-0.05, 0) is 5.31 Å². The summed E-state index contributed by atoms with van der Waals surface area (Å²) in [5.41, 5.74) is 0.742. The van der Waals surface area contributed by atoms with Gasteiger partial charge >= 0.3 is 0 Å². The third-order valence-electron chi connectivity index (χ3n) is 1.26. The van der Waals surface area contributed by atoms with Crippen LogP contribution in [-0.2, 0) is 0 Å². The second-order valence-corrected chi connectivity index (χ2v) is 5.48. The Labute approximate surface area is 64.1 Å². The number of hydrogen-bond donors (Lipinski definition) is 0. The monoisotopic (exact) mass is 194 g/mol. The minimum absolute atomic E-state index is 0.742. The van der Waals surface area contributed by atoms with Crippen molar-refractivity contribution in [2.75, 3.05) is 0 Å². The summed E-state index contributed by atoms with van der Waals surface area (Å²) >= 11 is 0. The molecule has 0 fully saturated rings. The predicted octanol–water partition coefficient (Wildman–Crippen LogP) is 2.75. The summed E-state index contributed by atoms with van der Waals surface area (Å²) in [6, 6.07) is 0. The number of hydrogen-bond acceptors (Lipinski definition) is 0. The lowest BCUT2D eigenvalue weighted by Gasteiger charge is -2.06. The molecule has 9 heavy (non-hydrogen) atoms. The van der Waals surface area contributed by atoms with Gasteiger partial charge in [0.25, 0.3) is 0 Å². The molecule has 5 unspecified atom stereocenters. The van der Waals surface area contributed by atoms with E-state index in [1.54, 1.807) is 5.31 Å². The molecule has 0 aliphatic heterocycles. The highest BCUT2D eigenvalue weighted by molar-refractivity contribution is 8.07. The molecule has 0 bridgehead atoms. The zero-order chi connectivity index (χ0) is 6.69. The highest BCUT2D eigenvalue weighted by Gasteiger charge is 2.09. The molecule has 50 valence electrons. The Hall–Kier alpha value is 1.20. The first-order valence-corrected chi connectivity index (χ1v) is 8.39. The molecule has 0 nitrogen and oxygen atoms in total. The molecule has 0 heterocycles. The first-order valence-electron chi connectivity index (χ1n) is 2.69. The van der Waals surface area contributed by atoms with Gasteiger partial charge in [-0.3, -0.25) is 0 Å². The van der Waals surface area contributed by atoms with Gasteiger partial charge in [0.1, 0.15) is 0 Å². The van der Waals surface area contributed by atoms with Gasteiger partial charge in [0.15, 0.2) is 0 Å². The van der Waals surface area contributed by atoms with E-state index in [1.165, 1.54) is 0 Å². The van der Waals surface area contributed by atoms with Gasteiger partial charge in [0.05, 0.1) is 0 Å². The molecule has 1 aliphatic rings. The minimum atomic E-state index is 0.742. The molecular formula is C5H10P4. The van der Waals surface area contributed by atoms with E-state index in [9.17, 15) is 0 Å². The lowest BCUT2D eigenvalue weighted by molar-refractivity contribution is 1.44. The SMILES string of the molecule is PPC1=CC=CC1PP. The average Bonchev–Trinajstić information content (AvgIpc) is 2.33. The van der Waals surface area contributed by atoms with Crippen LogP contribution in [0.1, 0.15) is 0 Å². The minimum Gasteiger partial charge on any atom is -0.114 e. The number of rotatable bonds is 2. The van der Waals surface area contributed by atoms with Gasteiger partial charge in [-0.1, -0.05) is 34.8 Å². The topological polar surface area (TPSA) is 0 Å². The molecule has 0 aromatic heterocycles. The van der Waals surface area contributed by atoms with Crippen molar-refractivity contribution >= 4 is 34.4 Å². The fourth-order valence-electron chi connectivity index (χ4n) is 0.761. The molecule has 0 aromatic carbocycles. The molecule has 5 atom stereocenters. The Kier molecular flexibility index (Phi) is 3.83. The summed E-state index contributed by atoms with van der Waals surface area (Å²) < 4.78 is 0. The van der Waals surface area contributed by atoms with Crippen LogP contribution in [0.4, 0.5) is 0 Å². The maximum Gasteiger partial charge on any atom is 0.0236 e. The Morgan fingerprint density at radius 1 is 1.44 bits per heavy atom. The van der Waals surface area contributed by atoms with Crippen molar-refractivity contribution in [1.82, 2.24) is 0 Å². The smallest absolute Gasteiger partial charge is 0.0236 e. The standard InChI is InChI=1S/C5H10P4/c6-8-4-2-1-3-5(4)9-7/h1-4,8-9H,6-7H2. The van der Waals surface area contributed by atoms with Crippen LogP contribution in [0.15, 0.2) is 23.5 Å². The van der Waals surface area contributed by atoms with Gasteiger partial charge in [-0.15, -0.1) is 17.9 Å². The second-order valence-electron chi connectivity index (χ2n) is 1.80. The summed E-state index contributed by atoms with van der Waals surface area (Å²) in [4.78, 5) is 0. The maximum atomic E-state index is 2.81. The third-order valence-corrected chi connectivity index (χ3v) is 5.30. The van der Waals surface area contributed by atoms with Gasteiger partial charge in [0, 0.05) is 5.66 Å². The van der Waals surface area contributed by atoms with Gasteiger partial charge in [-0.2, -0.15) is 0 Å². The molecule has 4 heteroatoms. The maximum absolute atomic E-state index is 2.81. The van der Waals surface area contributed by atoms with Crippen LogP contribution in [-0.4, -0.2) is 5.66 Å². The molecular weight excluding hydrogens is 184 g/mol. The van der Waals surface area contributed by atoms with Gasteiger partial charge in [0.2, 0.25) is 0 Å². The van der Waals surface area contributed by atoms with E-state index >= 15 is 0 Å². The summed E-state index contributed by atoms with van der Waals surface area (Å²) in [5, 5.41) is 1.58. The zero-order valence-corrected chi connectivity index (χ0v) is 9.27. The highest BCUT2D eigenvalue weighted by atomic mass is 32.0. The van der Waals surface area contributed by atoms with Crippen molar-refractivity contribution in [3.05, 3.63) is 23.5 Å². The summed E-state index contributed by atoms with van der Waals surface area (Å²) in [5.74, 6) is 0. The third kappa shape index (κ3) is 2.06. The molecule has 1 aliphatic carbocycles. The summed E-state index contributed by atoms with van der Waals surface area (Å²) in [7, 11) is 7.46. The van der Waals surface area contributed by atoms with Crippen LogP contribution in [0.5, 0.6) is 0 Å². The molecule has 0 spiro atoms. The first-order chi connectivity index (χ1) is 4.38. The fourth-order valence-corrected chi connectivity index (χ4v) is 4.93. The molecule has 0 aromatic rings. The van der Waals surface area contributed by atoms with Crippen LogP contribution in [0.3, 0.4) is 0 Å². The average molecular weight is 194 g/mol. The second kappa shape index (κ2) is 4.16. The largest absolute Gasteiger partial charge is 0.114 e. The van der Waals surface area contributed by atoms with E-state index in [4.69, 9.17) is 0 Å². The Balaban J connectivity index is 2.55. The highest BCUT2D eigenvalue weighted by Crippen LogP contribution is 2.46. The van der Waals surface area contributed by atoms with E-state index in [1.807, 2.05) is 0 Å². The van der Waals surface area contributed by atoms with Crippen molar-refractivity contribution in [2.45, 2.75) is 5.66 Å². The van der Waals surface area contributed by atoms with Crippen molar-refractivity contribution in [1.29, 1.82) is 0 Å². The molecule has 0 N–H and O–H groups in total. The Morgan fingerprint density at radius 3 is 2.67 bits per heavy atom. The van der Waals surface area contributed by atoms with E-state index < -0.39 is 0 Å². The van der Waals surface area contributed by atoms with E-state index in [0.717, 1.165) is 22.2 Å². The van der Waals surface area contributed by atoms with E-state index in [2.05, 4.69) is 36.1 Å². The Bertz CT molecular complexity index is 149. The van der Waals surface area contributed by atoms with Gasteiger partial charge in [-0.25, -0.2) is 0 Å². The van der Waals surface area contributed by atoms with E-state index in [-0.39, 0.29) is 0 Å². The summed E-state index contributed by atoms with van der Waals surface area (Å²) in [6.07, 6.45) is 6.67. The lowest BCUT2D eigenvalue weighted by atomic mass is 10.5. The molecule has 0 saturated heterocycles. The fraction of sp³-hybridized carbons (Fsp3) is 0.200. The van der Waals surface area contributed by atoms with Crippen LogP contribution in [0.2, 0.25) is 0 Å². The van der Waals surface area contributed by atoms with Gasteiger partial charge < -0.3 is 0 Å². The zero-order valence-electron chi connectivity index (χ0n) is 4.96. The van der Waals surface area contributed by atoms with E-state index in [0.29, 0.717) is 0 Å². The lowest BCUT2D eigenvalue weighted by Crippen LogP contribution is -1.87. The van der Waals surface area contributed by atoms with Crippen molar-refractivity contribution < 1.29 is 0 Å². The van der Waals surface area contributed by atoms with Crippen molar-refractivity contribution in [2.24, 2.45) is 0 Å². The molecule has 0 amide bonds. The Morgan fingerprint density at radius 2 is 2.22 bits per heavy atom. The molecule has 1 rings (SSSR count). The van der Waals surface area contributed by atoms with Crippen molar-refractivity contribution in [3.8, 4) is 0 Å². The van der Waals surface area contributed by atoms with Crippen LogP contribution >= 0.6 is 34.4 Å². The number of allylic oxidation sites excluding steroid dienone is 4. The molecule has 0 saturated carbocycles. The van der Waals surface area contributed by atoms with Crippen molar-refractivity contribution in [3.63, 3.8) is 0 Å². The van der Waals surface area contributed by atoms with Crippen LogP contribution < -0.4 is 0 Å². The molecule has 0 radical (unpaired) electrons. The van der Waals surface area contributed by atoms with Crippen LogP contribution in [0, 0.1) is 0 Å².